The minimum atomic E-state index is -3.84. The molecular formula is C21H26N2O4S. The number of Topliss-reactive ketones (excluding diaryl/α,β-unsaturated/α-hetero) is 1. The number of likely N-dealkylation sites (N-methyl/N-ethyl adjacent to an activating group) is 1. The highest BCUT2D eigenvalue weighted by Crippen LogP contribution is 2.23. The maximum absolute atomic E-state index is 12.7. The van der Waals surface area contributed by atoms with Gasteiger partial charge in [0.1, 0.15) is 0 Å². The standard InChI is InChI=1S/C21H26N2O4S/c1-5-16-8-7-9-17(6-2)21(16)22-20(25)14-23(4)28(26,27)19-12-10-18(11-13-19)15(3)24/h7-13H,5-6,14H2,1-4H3,(H,22,25). The Hall–Kier alpha value is -2.51. The van der Waals surface area contributed by atoms with Crippen LogP contribution in [-0.2, 0) is 27.7 Å². The molecule has 0 aromatic heterocycles. The SMILES string of the molecule is CCc1cccc(CC)c1NC(=O)CN(C)S(=O)(=O)c1ccc(C(C)=O)cc1. The number of hydrogen-bond acceptors (Lipinski definition) is 4. The minimum absolute atomic E-state index is 0.0380. The Kier molecular flexibility index (Phi) is 7.10. The lowest BCUT2D eigenvalue weighted by Crippen LogP contribution is -2.35. The van der Waals surface area contributed by atoms with E-state index >= 15 is 0 Å². The summed E-state index contributed by atoms with van der Waals surface area (Å²) in [6.45, 7) is 5.12. The van der Waals surface area contributed by atoms with Crippen LogP contribution in [0.2, 0.25) is 0 Å². The van der Waals surface area contributed by atoms with Crippen LogP contribution in [0.5, 0.6) is 0 Å². The van der Waals surface area contributed by atoms with E-state index in [-0.39, 0.29) is 17.2 Å². The fraction of sp³-hybridized carbons (Fsp3) is 0.333. The number of nitrogens with one attached hydrogen (secondary N) is 1. The maximum atomic E-state index is 12.7. The van der Waals surface area contributed by atoms with Crippen LogP contribution < -0.4 is 5.32 Å². The molecule has 7 heteroatoms. The molecule has 0 fully saturated rings. The van der Waals surface area contributed by atoms with Crippen molar-refractivity contribution < 1.29 is 18.0 Å². The quantitative estimate of drug-likeness (QED) is 0.687. The first kappa shape index (κ1) is 21.8. The molecule has 150 valence electrons. The molecule has 0 spiro atoms. The Bertz CT molecular complexity index is 944. The molecule has 2 aromatic rings. The van der Waals surface area contributed by atoms with E-state index in [4.69, 9.17) is 0 Å². The molecule has 1 amide bonds. The molecule has 2 rings (SSSR count). The Morgan fingerprint density at radius 2 is 1.50 bits per heavy atom. The smallest absolute Gasteiger partial charge is 0.243 e. The summed E-state index contributed by atoms with van der Waals surface area (Å²) in [4.78, 5) is 23.9. The molecule has 1 N–H and O–H groups in total. The second kappa shape index (κ2) is 9.12. The lowest BCUT2D eigenvalue weighted by Gasteiger charge is -2.19. The van der Waals surface area contributed by atoms with Gasteiger partial charge in [-0.2, -0.15) is 4.31 Å². The van der Waals surface area contributed by atoms with Crippen LogP contribution in [0.1, 0.15) is 42.3 Å². The average molecular weight is 403 g/mol. The largest absolute Gasteiger partial charge is 0.324 e. The number of nitrogens with zero attached hydrogens (tertiary/aromatic N) is 1. The van der Waals surface area contributed by atoms with Gasteiger partial charge in [0.2, 0.25) is 15.9 Å². The van der Waals surface area contributed by atoms with E-state index in [0.717, 1.165) is 34.0 Å². The number of amides is 1. The molecule has 6 nitrogen and oxygen atoms in total. The van der Waals surface area contributed by atoms with E-state index in [9.17, 15) is 18.0 Å². The topological polar surface area (TPSA) is 83.6 Å². The van der Waals surface area contributed by atoms with Crippen molar-refractivity contribution in [2.45, 2.75) is 38.5 Å². The minimum Gasteiger partial charge on any atom is -0.324 e. The molecule has 0 aliphatic carbocycles. The molecule has 0 aliphatic rings. The van der Waals surface area contributed by atoms with Crippen molar-refractivity contribution in [3.8, 4) is 0 Å². The van der Waals surface area contributed by atoms with Crippen LogP contribution in [0.3, 0.4) is 0 Å². The van der Waals surface area contributed by atoms with Crippen molar-refractivity contribution in [2.24, 2.45) is 0 Å². The summed E-state index contributed by atoms with van der Waals surface area (Å²) in [6, 6.07) is 11.5. The van der Waals surface area contributed by atoms with Gasteiger partial charge in [0.25, 0.3) is 0 Å². The molecule has 0 saturated carbocycles. The average Bonchev–Trinajstić information content (AvgIpc) is 2.67. The molecule has 0 heterocycles. The first-order valence-electron chi connectivity index (χ1n) is 9.18. The van der Waals surface area contributed by atoms with Gasteiger partial charge in [0, 0.05) is 18.3 Å². The number of hydrogen-bond donors (Lipinski definition) is 1. The third-order valence-corrected chi connectivity index (χ3v) is 6.42. The van der Waals surface area contributed by atoms with Crippen molar-refractivity contribution in [1.29, 1.82) is 0 Å². The molecule has 28 heavy (non-hydrogen) atoms. The van der Waals surface area contributed by atoms with E-state index in [0.29, 0.717) is 5.56 Å². The van der Waals surface area contributed by atoms with Gasteiger partial charge in [-0.1, -0.05) is 44.2 Å². The highest BCUT2D eigenvalue weighted by atomic mass is 32.2. The number of benzene rings is 2. The lowest BCUT2D eigenvalue weighted by atomic mass is 10.0. The molecule has 0 unspecified atom stereocenters. The number of para-hydroxylation sites is 1. The number of carbonyl (C=O) groups excluding carboxylic acids is 2. The summed E-state index contributed by atoms with van der Waals surface area (Å²) < 4.78 is 26.4. The zero-order chi connectivity index (χ0) is 20.9. The van der Waals surface area contributed by atoms with Gasteiger partial charge in [-0.05, 0) is 43.0 Å². The molecular weight excluding hydrogens is 376 g/mol. The zero-order valence-corrected chi connectivity index (χ0v) is 17.5. The Balaban J connectivity index is 2.17. The maximum Gasteiger partial charge on any atom is 0.243 e. The number of carbonyl (C=O) groups is 2. The molecule has 0 radical (unpaired) electrons. The predicted octanol–water partition coefficient (Wildman–Crippen LogP) is 3.27. The van der Waals surface area contributed by atoms with Gasteiger partial charge in [-0.25, -0.2) is 8.42 Å². The summed E-state index contributed by atoms with van der Waals surface area (Å²) >= 11 is 0. The van der Waals surface area contributed by atoms with Gasteiger partial charge in [0.05, 0.1) is 11.4 Å². The third-order valence-electron chi connectivity index (χ3n) is 4.60. The Morgan fingerprint density at radius 3 is 1.96 bits per heavy atom. The van der Waals surface area contributed by atoms with E-state index in [1.54, 1.807) is 0 Å². The van der Waals surface area contributed by atoms with Crippen LogP contribution >= 0.6 is 0 Å². The lowest BCUT2D eigenvalue weighted by molar-refractivity contribution is -0.116. The first-order valence-corrected chi connectivity index (χ1v) is 10.6. The summed E-state index contributed by atoms with van der Waals surface area (Å²) in [5, 5.41) is 2.87. The van der Waals surface area contributed by atoms with Crippen LogP contribution in [0, 0.1) is 0 Å². The molecule has 2 aromatic carbocycles. The monoisotopic (exact) mass is 402 g/mol. The molecule has 0 atom stereocenters. The Morgan fingerprint density at radius 1 is 0.964 bits per heavy atom. The summed E-state index contributed by atoms with van der Waals surface area (Å²) in [6.07, 6.45) is 1.53. The second-order valence-corrected chi connectivity index (χ2v) is 8.59. The van der Waals surface area contributed by atoms with Crippen LogP contribution in [0.25, 0.3) is 0 Å². The van der Waals surface area contributed by atoms with Crippen molar-refractivity contribution in [3.05, 3.63) is 59.2 Å². The van der Waals surface area contributed by atoms with E-state index < -0.39 is 15.9 Å². The Labute approximate surface area is 166 Å². The zero-order valence-electron chi connectivity index (χ0n) is 16.7. The highest BCUT2D eigenvalue weighted by Gasteiger charge is 2.23. The fourth-order valence-corrected chi connectivity index (χ4v) is 4.04. The molecule has 0 aliphatic heterocycles. The van der Waals surface area contributed by atoms with Gasteiger partial charge < -0.3 is 5.32 Å². The summed E-state index contributed by atoms with van der Waals surface area (Å²) in [7, 11) is -2.48. The van der Waals surface area contributed by atoms with Crippen molar-refractivity contribution in [3.63, 3.8) is 0 Å². The molecule has 0 saturated heterocycles. The van der Waals surface area contributed by atoms with Gasteiger partial charge in [0.15, 0.2) is 5.78 Å². The van der Waals surface area contributed by atoms with Crippen molar-refractivity contribution in [2.75, 3.05) is 18.9 Å². The van der Waals surface area contributed by atoms with Crippen LogP contribution in [0.4, 0.5) is 5.69 Å². The summed E-state index contributed by atoms with van der Waals surface area (Å²) in [5.74, 6) is -0.542. The highest BCUT2D eigenvalue weighted by molar-refractivity contribution is 7.89. The van der Waals surface area contributed by atoms with Crippen LogP contribution in [0.15, 0.2) is 47.4 Å². The van der Waals surface area contributed by atoms with E-state index in [1.807, 2.05) is 32.0 Å². The van der Waals surface area contributed by atoms with Crippen LogP contribution in [-0.4, -0.2) is 38.0 Å². The fourth-order valence-electron chi connectivity index (χ4n) is 2.91. The van der Waals surface area contributed by atoms with Crippen molar-refractivity contribution in [1.82, 2.24) is 4.31 Å². The van der Waals surface area contributed by atoms with E-state index in [1.165, 1.54) is 38.2 Å². The second-order valence-electron chi connectivity index (χ2n) is 6.55. The number of ketones is 1. The van der Waals surface area contributed by atoms with Gasteiger partial charge in [-0.3, -0.25) is 9.59 Å². The van der Waals surface area contributed by atoms with Crippen molar-refractivity contribution >= 4 is 27.4 Å². The van der Waals surface area contributed by atoms with Gasteiger partial charge in [-0.15, -0.1) is 0 Å². The third kappa shape index (κ3) is 4.85. The first-order chi connectivity index (χ1) is 13.2. The van der Waals surface area contributed by atoms with Gasteiger partial charge >= 0.3 is 0 Å². The van der Waals surface area contributed by atoms with E-state index in [2.05, 4.69) is 5.32 Å². The predicted molar refractivity (Wildman–Crippen MR) is 110 cm³/mol. The summed E-state index contributed by atoms with van der Waals surface area (Å²) in [5.41, 5.74) is 3.22. The number of rotatable bonds is 8. The molecule has 0 bridgehead atoms. The number of anilines is 1. The number of sulfonamides is 1. The normalized spacial score (nSPS) is 11.5. The number of aryl methyl sites for hydroxylation is 2.